The largest absolute Gasteiger partial charge is 0.350 e. The van der Waals surface area contributed by atoms with Crippen LogP contribution in [0.15, 0.2) is 60.9 Å². The van der Waals surface area contributed by atoms with Crippen molar-refractivity contribution in [3.63, 3.8) is 0 Å². The molecular formula is C20H21ClN4O3S. The number of halogens is 1. The Morgan fingerprint density at radius 1 is 1.17 bits per heavy atom. The molecule has 7 nitrogen and oxygen atoms in total. The molecule has 1 heterocycles. The zero-order valence-corrected chi connectivity index (χ0v) is 17.6. The van der Waals surface area contributed by atoms with Crippen molar-refractivity contribution < 1.29 is 13.2 Å². The molecule has 1 amide bonds. The highest BCUT2D eigenvalue weighted by molar-refractivity contribution is 7.92. The minimum Gasteiger partial charge on any atom is -0.350 e. The zero-order chi connectivity index (χ0) is 21.0. The summed E-state index contributed by atoms with van der Waals surface area (Å²) in [5.41, 5.74) is 2.17. The first-order chi connectivity index (χ1) is 13.8. The average Bonchev–Trinajstić information content (AvgIpc) is 3.10. The molecule has 29 heavy (non-hydrogen) atoms. The third-order valence-corrected chi connectivity index (χ3v) is 5.75. The van der Waals surface area contributed by atoms with Crippen LogP contribution in [-0.4, -0.2) is 36.7 Å². The molecule has 3 rings (SSSR count). The molecule has 0 aliphatic carbocycles. The number of para-hydroxylation sites is 1. The Morgan fingerprint density at radius 3 is 2.48 bits per heavy atom. The van der Waals surface area contributed by atoms with Crippen LogP contribution < -0.4 is 9.62 Å². The Morgan fingerprint density at radius 2 is 1.86 bits per heavy atom. The van der Waals surface area contributed by atoms with Crippen LogP contribution in [0.2, 0.25) is 5.02 Å². The number of sulfonamides is 1. The molecule has 0 fully saturated rings. The Hall–Kier alpha value is -2.84. The van der Waals surface area contributed by atoms with Gasteiger partial charge >= 0.3 is 0 Å². The van der Waals surface area contributed by atoms with E-state index in [9.17, 15) is 13.2 Å². The summed E-state index contributed by atoms with van der Waals surface area (Å²) in [6.07, 6.45) is 4.62. The van der Waals surface area contributed by atoms with Gasteiger partial charge < -0.3 is 9.88 Å². The first-order valence-corrected chi connectivity index (χ1v) is 11.1. The Labute approximate surface area is 175 Å². The lowest BCUT2D eigenvalue weighted by Gasteiger charge is -2.22. The minimum absolute atomic E-state index is 0.255. The van der Waals surface area contributed by atoms with Crippen molar-refractivity contribution >= 4 is 33.2 Å². The molecule has 1 N–H and O–H groups in total. The van der Waals surface area contributed by atoms with Crippen LogP contribution in [0.3, 0.4) is 0 Å². The fourth-order valence-electron chi connectivity index (χ4n) is 2.92. The van der Waals surface area contributed by atoms with E-state index < -0.39 is 15.9 Å². The monoisotopic (exact) mass is 432 g/mol. The van der Waals surface area contributed by atoms with Crippen LogP contribution in [0.4, 0.5) is 5.69 Å². The highest BCUT2D eigenvalue weighted by atomic mass is 35.5. The Balaban J connectivity index is 1.74. The van der Waals surface area contributed by atoms with Gasteiger partial charge in [0.2, 0.25) is 15.9 Å². The number of aryl methyl sites for hydroxylation is 1. The molecule has 0 unspecified atom stereocenters. The van der Waals surface area contributed by atoms with Gasteiger partial charge in [-0.3, -0.25) is 9.10 Å². The molecule has 0 saturated carbocycles. The fraction of sp³-hybridized carbons (Fsp3) is 0.200. The van der Waals surface area contributed by atoms with E-state index in [1.165, 1.54) is 0 Å². The molecule has 0 radical (unpaired) electrons. The number of amides is 1. The van der Waals surface area contributed by atoms with Crippen LogP contribution in [0, 0.1) is 6.92 Å². The molecule has 152 valence electrons. The third-order valence-electron chi connectivity index (χ3n) is 4.36. The number of nitrogens with zero attached hydrogens (tertiary/aromatic N) is 3. The van der Waals surface area contributed by atoms with E-state index in [1.807, 2.05) is 42.0 Å². The number of anilines is 1. The summed E-state index contributed by atoms with van der Waals surface area (Å²) >= 11 is 5.87. The fourth-order valence-corrected chi connectivity index (χ4v) is 3.90. The summed E-state index contributed by atoms with van der Waals surface area (Å²) in [5, 5.41) is 3.28. The molecule has 0 saturated heterocycles. The van der Waals surface area contributed by atoms with E-state index in [0.717, 1.165) is 27.6 Å². The van der Waals surface area contributed by atoms with Gasteiger partial charge in [0, 0.05) is 24.0 Å². The van der Waals surface area contributed by atoms with E-state index in [-0.39, 0.29) is 13.1 Å². The van der Waals surface area contributed by atoms with Crippen molar-refractivity contribution in [2.75, 3.05) is 17.1 Å². The van der Waals surface area contributed by atoms with E-state index in [1.54, 1.807) is 30.5 Å². The topological polar surface area (TPSA) is 84.3 Å². The van der Waals surface area contributed by atoms with Gasteiger partial charge in [-0.1, -0.05) is 29.8 Å². The van der Waals surface area contributed by atoms with E-state index >= 15 is 0 Å². The SMILES string of the molecule is Cc1nccn1-c1ccccc1CNC(=O)CN(c1ccc(Cl)cc1)S(C)(=O)=O. The van der Waals surface area contributed by atoms with Crippen molar-refractivity contribution in [1.82, 2.24) is 14.9 Å². The number of hydrogen-bond donors (Lipinski definition) is 1. The molecule has 0 aliphatic heterocycles. The van der Waals surface area contributed by atoms with Gasteiger partial charge in [0.15, 0.2) is 0 Å². The Kier molecular flexibility index (Phi) is 6.24. The van der Waals surface area contributed by atoms with Crippen molar-refractivity contribution in [1.29, 1.82) is 0 Å². The summed E-state index contributed by atoms with van der Waals surface area (Å²) in [7, 11) is -3.64. The molecule has 0 bridgehead atoms. The second-order valence-corrected chi connectivity index (χ2v) is 8.84. The number of rotatable bonds is 7. The number of hydrogen-bond acceptors (Lipinski definition) is 4. The summed E-state index contributed by atoms with van der Waals surface area (Å²) in [5.74, 6) is 0.414. The lowest BCUT2D eigenvalue weighted by atomic mass is 10.1. The number of carbonyl (C=O) groups is 1. The number of benzene rings is 2. The first kappa shape index (κ1) is 20.9. The Bertz CT molecular complexity index is 1110. The lowest BCUT2D eigenvalue weighted by Crippen LogP contribution is -2.40. The lowest BCUT2D eigenvalue weighted by molar-refractivity contribution is -0.119. The smallest absolute Gasteiger partial charge is 0.241 e. The number of nitrogens with one attached hydrogen (secondary N) is 1. The van der Waals surface area contributed by atoms with Gasteiger partial charge in [0.05, 0.1) is 17.6 Å². The van der Waals surface area contributed by atoms with Crippen molar-refractivity contribution in [2.45, 2.75) is 13.5 Å². The minimum atomic E-state index is -3.64. The maximum atomic E-state index is 12.5. The maximum Gasteiger partial charge on any atom is 0.241 e. The quantitative estimate of drug-likeness (QED) is 0.622. The zero-order valence-electron chi connectivity index (χ0n) is 16.0. The van der Waals surface area contributed by atoms with Gasteiger partial charge in [-0.05, 0) is 42.8 Å². The number of carbonyl (C=O) groups excluding carboxylic acids is 1. The van der Waals surface area contributed by atoms with Gasteiger partial charge in [-0.25, -0.2) is 13.4 Å². The van der Waals surface area contributed by atoms with Crippen molar-refractivity contribution in [3.05, 3.63) is 77.3 Å². The molecule has 0 aliphatic rings. The second kappa shape index (κ2) is 8.67. The van der Waals surface area contributed by atoms with Crippen molar-refractivity contribution in [2.24, 2.45) is 0 Å². The number of imidazole rings is 1. The molecule has 9 heteroatoms. The molecule has 1 aromatic heterocycles. The van der Waals surface area contributed by atoms with Gasteiger partial charge in [-0.2, -0.15) is 0 Å². The molecule has 2 aromatic carbocycles. The van der Waals surface area contributed by atoms with Crippen LogP contribution in [-0.2, 0) is 21.4 Å². The summed E-state index contributed by atoms with van der Waals surface area (Å²) in [6.45, 7) is 1.82. The van der Waals surface area contributed by atoms with Crippen LogP contribution in [0.1, 0.15) is 11.4 Å². The normalized spacial score (nSPS) is 11.3. The average molecular weight is 433 g/mol. The molecule has 0 spiro atoms. The summed E-state index contributed by atoms with van der Waals surface area (Å²) < 4.78 is 27.3. The van der Waals surface area contributed by atoms with Crippen LogP contribution in [0.5, 0.6) is 0 Å². The third kappa shape index (κ3) is 5.16. The predicted molar refractivity (Wildman–Crippen MR) is 114 cm³/mol. The van der Waals surface area contributed by atoms with Gasteiger partial charge in [0.25, 0.3) is 0 Å². The van der Waals surface area contributed by atoms with Crippen LogP contribution in [0.25, 0.3) is 5.69 Å². The number of aromatic nitrogens is 2. The standard InChI is InChI=1S/C20H21ClN4O3S/c1-15-22-11-12-24(15)19-6-4-3-5-16(19)13-23-20(26)14-25(29(2,27)28)18-9-7-17(21)8-10-18/h3-12H,13-14H2,1-2H3,(H,23,26). The first-order valence-electron chi connectivity index (χ1n) is 8.84. The maximum absolute atomic E-state index is 12.5. The second-order valence-electron chi connectivity index (χ2n) is 6.50. The van der Waals surface area contributed by atoms with Crippen molar-refractivity contribution in [3.8, 4) is 5.69 Å². The van der Waals surface area contributed by atoms with E-state index in [4.69, 9.17) is 11.6 Å². The van der Waals surface area contributed by atoms with Gasteiger partial charge in [-0.15, -0.1) is 0 Å². The van der Waals surface area contributed by atoms with E-state index in [2.05, 4.69) is 10.3 Å². The summed E-state index contributed by atoms with van der Waals surface area (Å²) in [4.78, 5) is 16.7. The van der Waals surface area contributed by atoms with Crippen LogP contribution >= 0.6 is 11.6 Å². The highest BCUT2D eigenvalue weighted by Gasteiger charge is 2.21. The summed E-state index contributed by atoms with van der Waals surface area (Å²) in [6, 6.07) is 13.9. The predicted octanol–water partition coefficient (Wildman–Crippen LogP) is 2.92. The highest BCUT2D eigenvalue weighted by Crippen LogP contribution is 2.20. The van der Waals surface area contributed by atoms with Gasteiger partial charge in [0.1, 0.15) is 12.4 Å². The molecule has 0 atom stereocenters. The molecule has 3 aromatic rings. The molecular weight excluding hydrogens is 412 g/mol. The van der Waals surface area contributed by atoms with E-state index in [0.29, 0.717) is 10.7 Å².